The van der Waals surface area contributed by atoms with Crippen molar-refractivity contribution in [2.45, 2.75) is 82.0 Å². The number of piperidine rings is 1. The van der Waals surface area contributed by atoms with Gasteiger partial charge in [-0.1, -0.05) is 12.0 Å². The first-order valence-electron chi connectivity index (χ1n) is 17.9. The minimum Gasteiger partial charge on any atom is -0.508 e. The molecule has 9 nitrogen and oxygen atoms in total. The molecule has 2 bridgehead atoms. The number of aromatic hydroxyl groups is 1. The number of ether oxygens (including phenoxy) is 2. The van der Waals surface area contributed by atoms with Gasteiger partial charge < -0.3 is 25.0 Å². The molecule has 52 heavy (non-hydrogen) atoms. The number of rotatable bonds is 7. The first-order valence-corrected chi connectivity index (χ1v) is 17.9. The zero-order chi connectivity index (χ0) is 35.9. The van der Waals surface area contributed by atoms with Crippen molar-refractivity contribution in [3.05, 3.63) is 47.2 Å². The minimum absolute atomic E-state index is 0.0238. The highest BCUT2D eigenvalue weighted by Crippen LogP contribution is 2.48. The van der Waals surface area contributed by atoms with E-state index in [1.807, 2.05) is 0 Å². The van der Waals surface area contributed by atoms with E-state index in [0.717, 1.165) is 32.1 Å². The second-order valence-corrected chi connectivity index (χ2v) is 15.1. The lowest BCUT2D eigenvalue weighted by molar-refractivity contribution is -0.345. The molecule has 0 amide bonds. The number of phenols is 1. The maximum atomic E-state index is 17.2. The van der Waals surface area contributed by atoms with E-state index in [1.165, 1.54) is 24.3 Å². The van der Waals surface area contributed by atoms with E-state index >= 15 is 8.78 Å². The Morgan fingerprint density at radius 2 is 1.83 bits per heavy atom. The van der Waals surface area contributed by atoms with Gasteiger partial charge in [0.1, 0.15) is 28.6 Å². The molecular weight excluding hydrogens is 683 g/mol. The number of aryl methyl sites for hydroxylation is 1. The van der Waals surface area contributed by atoms with Crippen molar-refractivity contribution in [2.24, 2.45) is 5.41 Å². The lowest BCUT2D eigenvalue weighted by atomic mass is 9.95. The Balaban J connectivity index is 1.09. The number of fused-ring (bicyclic) bond motifs is 6. The summed E-state index contributed by atoms with van der Waals surface area (Å²) >= 11 is 0. The topological polar surface area (TPSA) is 95.9 Å². The highest BCUT2D eigenvalue weighted by atomic mass is 19.4. The summed E-state index contributed by atoms with van der Waals surface area (Å²) in [4.78, 5) is 18.9. The lowest BCUT2D eigenvalue weighted by Crippen LogP contribution is -2.58. The van der Waals surface area contributed by atoms with Crippen molar-refractivity contribution in [1.82, 2.24) is 25.2 Å². The summed E-state index contributed by atoms with van der Waals surface area (Å²) in [7, 11) is 0. The van der Waals surface area contributed by atoms with Gasteiger partial charge in [0.25, 0.3) is 0 Å². The molecule has 14 heteroatoms. The zero-order valence-electron chi connectivity index (χ0n) is 28.3. The summed E-state index contributed by atoms with van der Waals surface area (Å²) in [5, 5.41) is 15.6. The van der Waals surface area contributed by atoms with E-state index in [4.69, 9.17) is 21.1 Å². The first-order chi connectivity index (χ1) is 25.0. The molecule has 4 fully saturated rings. The van der Waals surface area contributed by atoms with Crippen molar-refractivity contribution in [2.75, 3.05) is 37.7 Å². The largest absolute Gasteiger partial charge is 0.522 e. The molecule has 2 aromatic heterocycles. The van der Waals surface area contributed by atoms with Crippen LogP contribution >= 0.6 is 0 Å². The van der Waals surface area contributed by atoms with Crippen LogP contribution in [0.25, 0.3) is 32.9 Å². The maximum Gasteiger partial charge on any atom is 0.522 e. The molecule has 5 aliphatic rings. The van der Waals surface area contributed by atoms with E-state index in [1.54, 1.807) is 0 Å². The van der Waals surface area contributed by atoms with Crippen LogP contribution in [0.15, 0.2) is 24.3 Å². The number of likely N-dealkylation sites (tertiary alicyclic amines) is 1. The average molecular weight is 721 g/mol. The molecule has 2 N–H and O–H groups in total. The summed E-state index contributed by atoms with van der Waals surface area (Å²) < 4.78 is 81.0. The number of piperazine rings is 1. The summed E-state index contributed by atoms with van der Waals surface area (Å²) in [5.41, 5.74) is 0.410. The number of nitrogens with one attached hydrogen (secondary N) is 1. The van der Waals surface area contributed by atoms with Crippen molar-refractivity contribution >= 4 is 27.5 Å². The SMILES string of the molecule is C#Cc1c(F)ccc2cc(O)cc(-c3nc4c5c(nc(OCC6(CN7CCC(OC(F)(F)F)CC7)CC6)nc5c3F)N3C[C@H]5CC[C@H](N5)[C@H]3CC4)c12. The summed E-state index contributed by atoms with van der Waals surface area (Å²) in [5.74, 6) is 1.42. The normalized spacial score (nSPS) is 24.2. The van der Waals surface area contributed by atoms with Gasteiger partial charge in [-0.15, -0.1) is 19.6 Å². The Hall–Kier alpha value is -4.32. The van der Waals surface area contributed by atoms with E-state index in [2.05, 4.69) is 30.8 Å². The Morgan fingerprint density at radius 3 is 2.58 bits per heavy atom. The van der Waals surface area contributed by atoms with Gasteiger partial charge in [-0.25, -0.2) is 13.8 Å². The van der Waals surface area contributed by atoms with Crippen LogP contribution in [0.2, 0.25) is 0 Å². The molecule has 6 heterocycles. The van der Waals surface area contributed by atoms with Gasteiger partial charge in [-0.2, -0.15) is 9.97 Å². The summed E-state index contributed by atoms with van der Waals surface area (Å²) in [6.45, 7) is 2.59. The van der Waals surface area contributed by atoms with E-state index < -0.39 is 24.1 Å². The first kappa shape index (κ1) is 33.5. The second-order valence-electron chi connectivity index (χ2n) is 15.1. The molecule has 9 rings (SSSR count). The quantitative estimate of drug-likeness (QED) is 0.170. The van der Waals surface area contributed by atoms with E-state index in [9.17, 15) is 18.3 Å². The van der Waals surface area contributed by atoms with Crippen molar-refractivity contribution < 1.29 is 36.5 Å². The van der Waals surface area contributed by atoms with Crippen molar-refractivity contribution in [3.8, 4) is 35.4 Å². The number of terminal acetylenes is 1. The highest BCUT2D eigenvalue weighted by molar-refractivity contribution is 6.03. The Morgan fingerprint density at radius 1 is 1.02 bits per heavy atom. The van der Waals surface area contributed by atoms with Gasteiger partial charge in [0.05, 0.1) is 29.4 Å². The van der Waals surface area contributed by atoms with Crippen molar-refractivity contribution in [3.63, 3.8) is 0 Å². The van der Waals surface area contributed by atoms with Gasteiger partial charge in [-0.3, -0.25) is 4.74 Å². The standard InChI is InChI=1S/C38H37F5N6O3/c1-2-24-26(39)5-3-20-15-22(50)16-25(30(20)24)33-32(40)34-31-28(45-33)7-8-29-27-6-4-21(44-27)17-49(29)35(31)47-36(46-34)51-19-37(11-12-37)18-48-13-9-23(10-14-48)52-38(41,42)43/h1,3,5,15-16,21,23,27,29,44,50H,4,6-14,17-19H2/t21-,27+,29-/m1/s1. The van der Waals surface area contributed by atoms with Gasteiger partial charge in [-0.05, 0) is 75.0 Å². The smallest absolute Gasteiger partial charge is 0.508 e. The van der Waals surface area contributed by atoms with E-state index in [-0.39, 0.29) is 69.6 Å². The third-order valence-corrected chi connectivity index (χ3v) is 11.6. The van der Waals surface area contributed by atoms with Crippen LogP contribution in [-0.2, 0) is 11.2 Å². The highest BCUT2D eigenvalue weighted by Gasteiger charge is 2.47. The van der Waals surface area contributed by atoms with Crippen LogP contribution in [0, 0.1) is 29.4 Å². The molecule has 0 unspecified atom stereocenters. The Bertz CT molecular complexity index is 2130. The fourth-order valence-electron chi connectivity index (χ4n) is 8.95. The molecular formula is C38H37F5N6O3. The molecule has 272 valence electrons. The maximum absolute atomic E-state index is 17.2. The monoisotopic (exact) mass is 720 g/mol. The van der Waals surface area contributed by atoms with Crippen LogP contribution in [0.3, 0.4) is 0 Å². The number of halogens is 5. The zero-order valence-corrected chi connectivity index (χ0v) is 28.3. The lowest BCUT2D eigenvalue weighted by Gasteiger charge is -2.41. The van der Waals surface area contributed by atoms with Crippen LogP contribution in [0.4, 0.5) is 27.8 Å². The molecule has 0 radical (unpaired) electrons. The van der Waals surface area contributed by atoms with Crippen LogP contribution in [0.1, 0.15) is 56.2 Å². The number of pyridine rings is 1. The van der Waals surface area contributed by atoms with Gasteiger partial charge in [0.2, 0.25) is 0 Å². The summed E-state index contributed by atoms with van der Waals surface area (Å²) in [6.07, 6.45) is 5.92. The number of alkyl halides is 3. The molecule has 1 aliphatic carbocycles. The van der Waals surface area contributed by atoms with Gasteiger partial charge in [0, 0.05) is 60.7 Å². The predicted molar refractivity (Wildman–Crippen MR) is 183 cm³/mol. The van der Waals surface area contributed by atoms with Gasteiger partial charge >= 0.3 is 12.4 Å². The molecule has 4 aliphatic heterocycles. The third-order valence-electron chi connectivity index (χ3n) is 11.6. The van der Waals surface area contributed by atoms with Crippen LogP contribution in [-0.4, -0.2) is 88.3 Å². The van der Waals surface area contributed by atoms with Gasteiger partial charge in [0.15, 0.2) is 5.82 Å². The minimum atomic E-state index is -4.64. The molecule has 0 spiro atoms. The molecule has 3 atom stereocenters. The third kappa shape index (κ3) is 5.96. The average Bonchev–Trinajstić information content (AvgIpc) is 3.80. The molecule has 4 aromatic rings. The van der Waals surface area contributed by atoms with Crippen LogP contribution < -0.4 is 15.0 Å². The molecule has 2 aromatic carbocycles. The van der Waals surface area contributed by atoms with E-state index in [0.29, 0.717) is 67.7 Å². The fourth-order valence-corrected chi connectivity index (χ4v) is 8.95. The number of aromatic nitrogens is 3. The summed E-state index contributed by atoms with van der Waals surface area (Å²) in [6, 6.07) is 6.13. The molecule has 3 saturated heterocycles. The molecule has 1 saturated carbocycles. The second kappa shape index (κ2) is 12.4. The number of hydrogen-bond acceptors (Lipinski definition) is 9. The predicted octanol–water partition coefficient (Wildman–Crippen LogP) is 6.23. The fraction of sp³-hybridized carbons (Fsp3) is 0.500. The van der Waals surface area contributed by atoms with Crippen LogP contribution in [0.5, 0.6) is 11.8 Å². The van der Waals surface area contributed by atoms with Crippen molar-refractivity contribution in [1.29, 1.82) is 0 Å². The Labute approximate surface area is 296 Å². The number of phenolic OH excluding ortho intramolecular Hbond substituents is 1. The number of hydrogen-bond donors (Lipinski definition) is 2. The Kier molecular flexibility index (Phi) is 7.98. The number of nitrogens with zero attached hydrogens (tertiary/aromatic N) is 5. The number of anilines is 1. The number of benzene rings is 2.